The molecule has 2 heterocycles. The van der Waals surface area contributed by atoms with Gasteiger partial charge in [-0.05, 0) is 97.5 Å². The minimum atomic E-state index is -3.53. The number of nitrogens with zero attached hydrogens (tertiary/aromatic N) is 1. The zero-order valence-corrected chi connectivity index (χ0v) is 24.6. The van der Waals surface area contributed by atoms with Gasteiger partial charge >= 0.3 is 0 Å². The van der Waals surface area contributed by atoms with Gasteiger partial charge in [0.15, 0.2) is 9.84 Å². The predicted octanol–water partition coefficient (Wildman–Crippen LogP) is 5.95. The van der Waals surface area contributed by atoms with Crippen LogP contribution in [0.1, 0.15) is 43.7 Å². The molecule has 0 unspecified atom stereocenters. The van der Waals surface area contributed by atoms with Crippen LogP contribution in [-0.4, -0.2) is 57.9 Å². The Hall–Kier alpha value is -3.46. The molecule has 1 amide bonds. The van der Waals surface area contributed by atoms with Crippen molar-refractivity contribution in [3.63, 3.8) is 0 Å². The van der Waals surface area contributed by atoms with Gasteiger partial charge in [0, 0.05) is 37.1 Å². The van der Waals surface area contributed by atoms with E-state index in [2.05, 4.69) is 24.2 Å². The Morgan fingerprint density at radius 2 is 1.78 bits per heavy atom. The Morgan fingerprint density at radius 1 is 1.02 bits per heavy atom. The Kier molecular flexibility index (Phi) is 9.22. The maximum absolute atomic E-state index is 13.3. The molecule has 0 radical (unpaired) electrons. The van der Waals surface area contributed by atoms with Crippen molar-refractivity contribution >= 4 is 27.5 Å². The third-order valence-corrected chi connectivity index (χ3v) is 9.49. The van der Waals surface area contributed by atoms with E-state index in [1.165, 1.54) is 5.56 Å². The van der Waals surface area contributed by atoms with Crippen molar-refractivity contribution in [1.29, 1.82) is 0 Å². The van der Waals surface area contributed by atoms with Crippen LogP contribution in [0.5, 0.6) is 5.75 Å². The smallest absolute Gasteiger partial charge is 0.251 e. The molecule has 0 spiro atoms. The van der Waals surface area contributed by atoms with Crippen molar-refractivity contribution in [2.75, 3.05) is 37.9 Å². The maximum atomic E-state index is 13.3. The fourth-order valence-corrected chi connectivity index (χ4v) is 6.81. The summed E-state index contributed by atoms with van der Waals surface area (Å²) in [6.45, 7) is 5.13. The van der Waals surface area contributed by atoms with Crippen LogP contribution < -0.4 is 10.1 Å². The van der Waals surface area contributed by atoms with Crippen molar-refractivity contribution in [2.24, 2.45) is 0 Å². The predicted molar refractivity (Wildman–Crippen MR) is 163 cm³/mol. The van der Waals surface area contributed by atoms with Gasteiger partial charge in [-0.3, -0.25) is 9.69 Å². The number of benzene rings is 3. The van der Waals surface area contributed by atoms with E-state index < -0.39 is 9.84 Å². The first-order valence-corrected chi connectivity index (χ1v) is 16.0. The van der Waals surface area contributed by atoms with E-state index in [1.54, 1.807) is 12.1 Å². The molecule has 1 fully saturated rings. The van der Waals surface area contributed by atoms with Gasteiger partial charge in [0.2, 0.25) is 0 Å². The molecule has 2 aliphatic rings. The largest absolute Gasteiger partial charge is 0.494 e. The first-order chi connectivity index (χ1) is 19.8. The van der Waals surface area contributed by atoms with Crippen LogP contribution in [0.4, 0.5) is 5.69 Å². The van der Waals surface area contributed by atoms with E-state index in [4.69, 9.17) is 9.47 Å². The van der Waals surface area contributed by atoms with Gasteiger partial charge in [-0.1, -0.05) is 37.3 Å². The lowest BCUT2D eigenvalue weighted by molar-refractivity contribution is -0.112. The van der Waals surface area contributed by atoms with Crippen molar-refractivity contribution in [2.45, 2.75) is 50.1 Å². The molecule has 7 nitrogen and oxygen atoms in total. The molecule has 5 rings (SSSR count). The second kappa shape index (κ2) is 13.0. The number of carbonyl (C=O) groups excluding carboxylic acids is 1. The van der Waals surface area contributed by atoms with Crippen LogP contribution in [-0.2, 0) is 25.9 Å². The van der Waals surface area contributed by atoms with Gasteiger partial charge in [-0.15, -0.1) is 0 Å². The SMILES string of the molecule is CCCOc1cccc(-c2ccc3c(c2)C=C(C(=O)Nc2ccc(CN(C)C4CCOCC4)cc2)CCS3(=O)=O)c1. The summed E-state index contributed by atoms with van der Waals surface area (Å²) in [6.07, 6.45) is 4.86. The highest BCUT2D eigenvalue weighted by Crippen LogP contribution is 2.32. The van der Waals surface area contributed by atoms with Crippen LogP contribution in [0.25, 0.3) is 17.2 Å². The second-order valence-electron chi connectivity index (χ2n) is 10.8. The molecule has 216 valence electrons. The molecule has 0 saturated carbocycles. The standard InChI is InChI=1S/C33H38N2O5S/c1-3-16-40-31-6-4-5-25(22-31)26-9-12-32-28(20-26)21-27(15-19-41(32,37)38)33(36)34-29-10-7-24(8-11-29)23-35(2)30-13-17-39-18-14-30/h4-12,20-22,30H,3,13-19,23H2,1-2H3,(H,34,36). The van der Waals surface area contributed by atoms with Gasteiger partial charge < -0.3 is 14.8 Å². The molecule has 0 aromatic heterocycles. The molecular weight excluding hydrogens is 536 g/mol. The number of amides is 1. The molecule has 3 aromatic rings. The lowest BCUT2D eigenvalue weighted by atomic mass is 10.0. The van der Waals surface area contributed by atoms with Crippen LogP contribution in [0.15, 0.2) is 77.2 Å². The van der Waals surface area contributed by atoms with Crippen LogP contribution in [0.3, 0.4) is 0 Å². The number of nitrogens with one attached hydrogen (secondary N) is 1. The molecule has 2 aliphatic heterocycles. The normalized spacial score (nSPS) is 16.9. The third-order valence-electron chi connectivity index (χ3n) is 7.70. The summed E-state index contributed by atoms with van der Waals surface area (Å²) in [4.78, 5) is 15.9. The average Bonchev–Trinajstić information content (AvgIpc) is 3.12. The molecule has 1 saturated heterocycles. The van der Waals surface area contributed by atoms with Gasteiger partial charge in [0.05, 0.1) is 17.3 Å². The quantitative estimate of drug-likeness (QED) is 0.340. The molecular formula is C33H38N2O5S. The number of ether oxygens (including phenoxy) is 2. The topological polar surface area (TPSA) is 84.9 Å². The number of fused-ring (bicyclic) bond motifs is 1. The second-order valence-corrected chi connectivity index (χ2v) is 12.9. The number of hydrogen-bond donors (Lipinski definition) is 1. The van der Waals surface area contributed by atoms with Crippen LogP contribution in [0.2, 0.25) is 0 Å². The number of carbonyl (C=O) groups is 1. The average molecular weight is 575 g/mol. The maximum Gasteiger partial charge on any atom is 0.251 e. The molecule has 0 atom stereocenters. The van der Waals surface area contributed by atoms with E-state index in [0.29, 0.717) is 29.5 Å². The first-order valence-electron chi connectivity index (χ1n) is 14.3. The summed E-state index contributed by atoms with van der Waals surface area (Å²) in [5.41, 5.74) is 4.59. The lowest BCUT2D eigenvalue weighted by Gasteiger charge is -2.31. The highest BCUT2D eigenvalue weighted by molar-refractivity contribution is 7.91. The Labute approximate surface area is 243 Å². The fourth-order valence-electron chi connectivity index (χ4n) is 5.35. The van der Waals surface area contributed by atoms with E-state index in [-0.39, 0.29) is 23.0 Å². The minimum Gasteiger partial charge on any atom is -0.494 e. The number of hydrogen-bond acceptors (Lipinski definition) is 6. The third kappa shape index (κ3) is 7.25. The van der Waals surface area contributed by atoms with Gasteiger partial charge in [0.25, 0.3) is 5.91 Å². The number of anilines is 1. The van der Waals surface area contributed by atoms with E-state index >= 15 is 0 Å². The number of sulfone groups is 1. The van der Waals surface area contributed by atoms with E-state index in [9.17, 15) is 13.2 Å². The summed E-state index contributed by atoms with van der Waals surface area (Å²) < 4.78 is 37.4. The molecule has 0 bridgehead atoms. The van der Waals surface area contributed by atoms with Crippen molar-refractivity contribution in [3.05, 3.63) is 83.4 Å². The van der Waals surface area contributed by atoms with Gasteiger partial charge in [-0.2, -0.15) is 0 Å². The first kappa shape index (κ1) is 29.0. The monoisotopic (exact) mass is 574 g/mol. The zero-order valence-electron chi connectivity index (χ0n) is 23.8. The Bertz CT molecular complexity index is 1510. The van der Waals surface area contributed by atoms with Crippen molar-refractivity contribution < 1.29 is 22.7 Å². The molecule has 1 N–H and O–H groups in total. The van der Waals surface area contributed by atoms with E-state index in [0.717, 1.165) is 55.9 Å². The van der Waals surface area contributed by atoms with Crippen molar-refractivity contribution in [1.82, 2.24) is 4.90 Å². The molecule has 0 aliphatic carbocycles. The lowest BCUT2D eigenvalue weighted by Crippen LogP contribution is -2.36. The highest BCUT2D eigenvalue weighted by Gasteiger charge is 2.25. The van der Waals surface area contributed by atoms with Gasteiger partial charge in [0.1, 0.15) is 5.75 Å². The highest BCUT2D eigenvalue weighted by atomic mass is 32.2. The summed E-state index contributed by atoms with van der Waals surface area (Å²) in [5.74, 6) is 0.362. The zero-order chi connectivity index (χ0) is 28.8. The molecule has 8 heteroatoms. The Morgan fingerprint density at radius 3 is 2.54 bits per heavy atom. The Balaban J connectivity index is 1.32. The van der Waals surface area contributed by atoms with Crippen molar-refractivity contribution in [3.8, 4) is 16.9 Å². The van der Waals surface area contributed by atoms with Crippen LogP contribution in [0, 0.1) is 0 Å². The summed E-state index contributed by atoms with van der Waals surface area (Å²) in [7, 11) is -1.40. The number of rotatable bonds is 9. The molecule has 3 aromatic carbocycles. The summed E-state index contributed by atoms with van der Waals surface area (Å²) in [6, 6.07) is 21.4. The minimum absolute atomic E-state index is 0.115. The summed E-state index contributed by atoms with van der Waals surface area (Å²) >= 11 is 0. The van der Waals surface area contributed by atoms with Gasteiger partial charge in [-0.25, -0.2) is 8.42 Å². The summed E-state index contributed by atoms with van der Waals surface area (Å²) in [5, 5.41) is 2.97. The van der Waals surface area contributed by atoms with Crippen LogP contribution >= 0.6 is 0 Å². The fraction of sp³-hybridized carbons (Fsp3) is 0.364. The molecule has 41 heavy (non-hydrogen) atoms. The van der Waals surface area contributed by atoms with E-state index in [1.807, 2.05) is 60.7 Å².